The Bertz CT molecular complexity index is 1070. The Morgan fingerprint density at radius 3 is 2.26 bits per heavy atom. The first-order valence-corrected chi connectivity index (χ1v) is 12.4. The van der Waals surface area contributed by atoms with Gasteiger partial charge in [0.15, 0.2) is 0 Å². The number of carbonyl (C=O) groups excluding carboxylic acids is 2. The maximum Gasteiger partial charge on any atom is 0.407 e. The average Bonchev–Trinajstić information content (AvgIpc) is 3.34. The third-order valence-electron chi connectivity index (χ3n) is 7.68. The Morgan fingerprint density at radius 2 is 1.71 bits per heavy atom. The number of carboxylic acids is 1. The Kier molecular flexibility index (Phi) is 7.15. The highest BCUT2D eigenvalue weighted by Gasteiger charge is 2.48. The van der Waals surface area contributed by atoms with Crippen LogP contribution in [-0.4, -0.2) is 53.7 Å². The molecule has 0 spiro atoms. The van der Waals surface area contributed by atoms with Crippen LogP contribution >= 0.6 is 0 Å². The highest BCUT2D eigenvalue weighted by Crippen LogP contribution is 2.44. The number of likely N-dealkylation sites (tertiary alicyclic amines) is 1. The molecule has 0 radical (unpaired) electrons. The molecular weight excluding hydrogens is 444 g/mol. The lowest BCUT2D eigenvalue weighted by atomic mass is 9.81. The van der Waals surface area contributed by atoms with E-state index in [0.29, 0.717) is 13.0 Å². The second-order valence-electron chi connectivity index (χ2n) is 10.0. The van der Waals surface area contributed by atoms with Crippen LogP contribution in [0.4, 0.5) is 4.79 Å². The van der Waals surface area contributed by atoms with Crippen LogP contribution in [0.5, 0.6) is 0 Å². The van der Waals surface area contributed by atoms with Gasteiger partial charge >= 0.3 is 12.1 Å². The molecule has 2 amide bonds. The van der Waals surface area contributed by atoms with Gasteiger partial charge in [-0.05, 0) is 41.5 Å². The second kappa shape index (κ2) is 10.1. The number of carbonyl (C=O) groups is 3. The molecule has 1 aliphatic carbocycles. The largest absolute Gasteiger partial charge is 0.481 e. The molecule has 7 nitrogen and oxygen atoms in total. The first-order valence-electron chi connectivity index (χ1n) is 12.4. The maximum absolute atomic E-state index is 13.3. The lowest BCUT2D eigenvalue weighted by Crippen LogP contribution is -2.49. The van der Waals surface area contributed by atoms with E-state index in [9.17, 15) is 19.5 Å². The number of ether oxygens (including phenoxy) is 1. The number of nitrogens with zero attached hydrogens (tertiary/aromatic N) is 1. The number of aliphatic carboxylic acids is 1. The number of amides is 2. The van der Waals surface area contributed by atoms with E-state index >= 15 is 0 Å². The van der Waals surface area contributed by atoms with Gasteiger partial charge in [-0.25, -0.2) is 4.79 Å². The van der Waals surface area contributed by atoms with Crippen LogP contribution in [-0.2, 0) is 14.3 Å². The molecule has 1 saturated heterocycles. The van der Waals surface area contributed by atoms with Gasteiger partial charge in [-0.3, -0.25) is 9.59 Å². The minimum atomic E-state index is -0.991. The van der Waals surface area contributed by atoms with Crippen molar-refractivity contribution in [2.45, 2.75) is 52.0 Å². The quantitative estimate of drug-likeness (QED) is 0.576. The van der Waals surface area contributed by atoms with Crippen LogP contribution in [0.15, 0.2) is 48.5 Å². The monoisotopic (exact) mass is 478 g/mol. The minimum absolute atomic E-state index is 0.0614. The number of carboxylic acid groups (broad SMARTS) is 1. The van der Waals surface area contributed by atoms with Gasteiger partial charge in [-0.15, -0.1) is 0 Å². The molecule has 0 saturated carbocycles. The number of hydrogen-bond acceptors (Lipinski definition) is 4. The molecular formula is C28H34N2O5. The van der Waals surface area contributed by atoms with Crippen LogP contribution in [0.3, 0.4) is 0 Å². The van der Waals surface area contributed by atoms with Crippen LogP contribution in [0, 0.1) is 11.3 Å². The molecule has 2 aromatic rings. The standard InChI is InChI=1S/C28H34N2O5/c1-4-5-14-24(25(31)30-15-18(2)28(3,17-30)26(32)33)29-27(34)35-16-23-21-12-8-6-10-19(21)20-11-7-9-13-22(20)23/h6-13,18,23-24H,4-5,14-17H2,1-3H3,(H,29,34)(H,32,33)/t18?,24-,28?/m0/s1. The number of nitrogens with one attached hydrogen (secondary N) is 1. The maximum atomic E-state index is 13.3. The van der Waals surface area contributed by atoms with E-state index in [2.05, 4.69) is 29.6 Å². The van der Waals surface area contributed by atoms with E-state index in [0.717, 1.165) is 35.1 Å². The Hall–Kier alpha value is -3.35. The first-order chi connectivity index (χ1) is 16.8. The average molecular weight is 479 g/mol. The van der Waals surface area contributed by atoms with E-state index < -0.39 is 23.5 Å². The molecule has 35 heavy (non-hydrogen) atoms. The zero-order chi connectivity index (χ0) is 25.2. The third-order valence-corrected chi connectivity index (χ3v) is 7.68. The Balaban J connectivity index is 1.43. The predicted octanol–water partition coefficient (Wildman–Crippen LogP) is 4.65. The van der Waals surface area contributed by atoms with Crippen molar-refractivity contribution in [2.24, 2.45) is 11.3 Å². The molecule has 1 aliphatic heterocycles. The van der Waals surface area contributed by atoms with Gasteiger partial charge < -0.3 is 20.1 Å². The van der Waals surface area contributed by atoms with Crippen LogP contribution in [0.25, 0.3) is 11.1 Å². The summed E-state index contributed by atoms with van der Waals surface area (Å²) in [7, 11) is 0. The Morgan fingerprint density at radius 1 is 1.11 bits per heavy atom. The normalized spacial score (nSPS) is 21.8. The summed E-state index contributed by atoms with van der Waals surface area (Å²) in [6, 6.07) is 15.5. The SMILES string of the molecule is CCCC[C@H](NC(=O)OCC1c2ccccc2-c2ccccc21)C(=O)N1CC(C)C(C)(C(=O)O)C1. The van der Waals surface area contributed by atoms with Crippen LogP contribution in [0.1, 0.15) is 57.1 Å². The summed E-state index contributed by atoms with van der Waals surface area (Å²) in [5.74, 6) is -1.39. The minimum Gasteiger partial charge on any atom is -0.481 e. The van der Waals surface area contributed by atoms with Crippen molar-refractivity contribution < 1.29 is 24.2 Å². The smallest absolute Gasteiger partial charge is 0.407 e. The van der Waals surface area contributed by atoms with Crippen molar-refractivity contribution in [3.05, 3.63) is 59.7 Å². The molecule has 186 valence electrons. The summed E-state index contributed by atoms with van der Waals surface area (Å²) in [4.78, 5) is 39.5. The molecule has 2 unspecified atom stereocenters. The van der Waals surface area contributed by atoms with Crippen molar-refractivity contribution >= 4 is 18.0 Å². The molecule has 7 heteroatoms. The molecule has 1 fully saturated rings. The molecule has 2 aliphatic rings. The lowest BCUT2D eigenvalue weighted by molar-refractivity contribution is -0.149. The van der Waals surface area contributed by atoms with Gasteiger partial charge in [0.1, 0.15) is 12.6 Å². The summed E-state index contributed by atoms with van der Waals surface area (Å²) >= 11 is 0. The highest BCUT2D eigenvalue weighted by atomic mass is 16.5. The lowest BCUT2D eigenvalue weighted by Gasteiger charge is -2.26. The molecule has 1 heterocycles. The number of fused-ring (bicyclic) bond motifs is 3. The van der Waals surface area contributed by atoms with E-state index in [1.165, 1.54) is 0 Å². The fourth-order valence-corrected chi connectivity index (χ4v) is 5.26. The topological polar surface area (TPSA) is 95.9 Å². The number of alkyl carbamates (subject to hydrolysis) is 1. The second-order valence-corrected chi connectivity index (χ2v) is 10.0. The summed E-state index contributed by atoms with van der Waals surface area (Å²) in [6.45, 7) is 6.21. The fourth-order valence-electron chi connectivity index (χ4n) is 5.26. The molecule has 4 rings (SSSR count). The van der Waals surface area contributed by atoms with Gasteiger partial charge in [0, 0.05) is 19.0 Å². The molecule has 0 bridgehead atoms. The third kappa shape index (κ3) is 4.77. The summed E-state index contributed by atoms with van der Waals surface area (Å²) in [5, 5.41) is 12.4. The Labute approximate surface area is 206 Å². The number of benzene rings is 2. The summed E-state index contributed by atoms with van der Waals surface area (Å²) in [6.07, 6.45) is 1.49. The molecule has 3 atom stereocenters. The van der Waals surface area contributed by atoms with Crippen molar-refractivity contribution in [1.29, 1.82) is 0 Å². The van der Waals surface area contributed by atoms with Gasteiger partial charge in [0.25, 0.3) is 0 Å². The predicted molar refractivity (Wildman–Crippen MR) is 133 cm³/mol. The summed E-state index contributed by atoms with van der Waals surface area (Å²) in [5.41, 5.74) is 3.56. The van der Waals surface area contributed by atoms with E-state index in [1.807, 2.05) is 38.1 Å². The van der Waals surface area contributed by atoms with Crippen LogP contribution < -0.4 is 5.32 Å². The molecule has 2 aromatic carbocycles. The fraction of sp³-hybridized carbons (Fsp3) is 0.464. The zero-order valence-electron chi connectivity index (χ0n) is 20.6. The number of rotatable bonds is 8. The van der Waals surface area contributed by atoms with Crippen molar-refractivity contribution in [3.8, 4) is 11.1 Å². The van der Waals surface area contributed by atoms with Gasteiger partial charge in [0.2, 0.25) is 5.91 Å². The van der Waals surface area contributed by atoms with E-state index in [1.54, 1.807) is 11.8 Å². The molecule has 2 N–H and O–H groups in total. The van der Waals surface area contributed by atoms with Crippen molar-refractivity contribution in [2.75, 3.05) is 19.7 Å². The van der Waals surface area contributed by atoms with Gasteiger partial charge in [0.05, 0.1) is 5.41 Å². The van der Waals surface area contributed by atoms with E-state index in [4.69, 9.17) is 4.74 Å². The van der Waals surface area contributed by atoms with Crippen molar-refractivity contribution in [1.82, 2.24) is 10.2 Å². The zero-order valence-corrected chi connectivity index (χ0v) is 20.6. The van der Waals surface area contributed by atoms with E-state index in [-0.39, 0.29) is 30.9 Å². The van der Waals surface area contributed by atoms with Crippen LogP contribution in [0.2, 0.25) is 0 Å². The van der Waals surface area contributed by atoms with Crippen molar-refractivity contribution in [3.63, 3.8) is 0 Å². The highest BCUT2D eigenvalue weighted by molar-refractivity contribution is 5.87. The summed E-state index contributed by atoms with van der Waals surface area (Å²) < 4.78 is 5.65. The van der Waals surface area contributed by atoms with Gasteiger partial charge in [-0.2, -0.15) is 0 Å². The number of unbranched alkanes of at least 4 members (excludes halogenated alkanes) is 1. The first kappa shape index (κ1) is 24.8. The number of hydrogen-bond donors (Lipinski definition) is 2. The van der Waals surface area contributed by atoms with Gasteiger partial charge in [-0.1, -0.05) is 75.2 Å². The molecule has 0 aromatic heterocycles.